The van der Waals surface area contributed by atoms with Gasteiger partial charge in [0.15, 0.2) is 5.65 Å². The van der Waals surface area contributed by atoms with Gasteiger partial charge in [-0.15, -0.1) is 11.6 Å². The lowest BCUT2D eigenvalue weighted by Crippen LogP contribution is -2.34. The summed E-state index contributed by atoms with van der Waals surface area (Å²) in [6.07, 6.45) is 4.22. The van der Waals surface area contributed by atoms with E-state index in [2.05, 4.69) is 26.5 Å². The molecule has 0 N–H and O–H groups in total. The smallest absolute Gasteiger partial charge is 0.160 e. The molecule has 3 rings (SSSR count). The number of imidazole rings is 1. The van der Waals surface area contributed by atoms with E-state index in [1.54, 1.807) is 0 Å². The minimum absolute atomic E-state index is 0.441. The Balaban J connectivity index is 2.08. The number of likely N-dealkylation sites (N-methyl/N-ethyl adjacent to an activating group) is 1. The van der Waals surface area contributed by atoms with E-state index in [4.69, 9.17) is 11.6 Å². The van der Waals surface area contributed by atoms with Crippen molar-refractivity contribution in [1.29, 1.82) is 0 Å². The number of hydrogen-bond donors (Lipinski definition) is 0. The van der Waals surface area contributed by atoms with Gasteiger partial charge in [-0.1, -0.05) is 0 Å². The fourth-order valence-corrected chi connectivity index (χ4v) is 2.99. The highest BCUT2D eigenvalue weighted by Crippen LogP contribution is 2.27. The minimum Gasteiger partial charge on any atom is -0.307 e. The quantitative estimate of drug-likeness (QED) is 0.782. The van der Waals surface area contributed by atoms with Crippen LogP contribution >= 0.6 is 11.6 Å². The molecule has 0 aliphatic carbocycles. The number of likely N-dealkylation sites (tertiary alicyclic amines) is 1. The molecule has 1 aliphatic heterocycles. The maximum absolute atomic E-state index is 6.03. The Kier molecular flexibility index (Phi) is 3.22. The number of aromatic nitrogens is 3. The van der Waals surface area contributed by atoms with Crippen LogP contribution in [-0.4, -0.2) is 39.6 Å². The van der Waals surface area contributed by atoms with Gasteiger partial charge in [-0.2, -0.15) is 0 Å². The lowest BCUT2D eigenvalue weighted by atomic mass is 10.1. The molecule has 0 aromatic carbocycles. The number of rotatable bonds is 2. The highest BCUT2D eigenvalue weighted by atomic mass is 35.5. The Morgan fingerprint density at radius 3 is 3.17 bits per heavy atom. The van der Waals surface area contributed by atoms with Crippen molar-refractivity contribution in [2.24, 2.45) is 0 Å². The second-order valence-electron chi connectivity index (χ2n) is 4.94. The van der Waals surface area contributed by atoms with Crippen molar-refractivity contribution in [1.82, 2.24) is 19.4 Å². The normalized spacial score (nSPS) is 21.6. The molecular weight excluding hydrogens is 248 g/mol. The average molecular weight is 265 g/mol. The number of pyridine rings is 1. The van der Waals surface area contributed by atoms with E-state index in [0.717, 1.165) is 23.5 Å². The van der Waals surface area contributed by atoms with Gasteiger partial charge in [0.2, 0.25) is 0 Å². The first-order chi connectivity index (χ1) is 8.79. The third-order valence-electron chi connectivity index (χ3n) is 3.61. The van der Waals surface area contributed by atoms with Crippen LogP contribution in [0.1, 0.15) is 24.7 Å². The molecule has 4 nitrogen and oxygen atoms in total. The molecule has 0 saturated carbocycles. The Labute approximate surface area is 112 Å². The summed E-state index contributed by atoms with van der Waals surface area (Å²) in [7, 11) is 2.17. The topological polar surface area (TPSA) is 34.0 Å². The number of piperidine rings is 1. The fraction of sp³-hybridized carbons (Fsp3) is 0.538. The summed E-state index contributed by atoms with van der Waals surface area (Å²) in [5.41, 5.74) is 1.91. The van der Waals surface area contributed by atoms with E-state index in [-0.39, 0.29) is 0 Å². The largest absolute Gasteiger partial charge is 0.307 e. The Bertz CT molecular complexity index is 551. The number of alkyl halides is 1. The van der Waals surface area contributed by atoms with Gasteiger partial charge in [-0.3, -0.25) is 0 Å². The van der Waals surface area contributed by atoms with Crippen molar-refractivity contribution < 1.29 is 0 Å². The van der Waals surface area contributed by atoms with Crippen LogP contribution in [0.15, 0.2) is 18.3 Å². The molecule has 1 aliphatic rings. The third kappa shape index (κ3) is 1.99. The van der Waals surface area contributed by atoms with Crippen LogP contribution < -0.4 is 0 Å². The average Bonchev–Trinajstić information content (AvgIpc) is 2.77. The molecule has 1 atom stereocenters. The highest BCUT2D eigenvalue weighted by molar-refractivity contribution is 6.16. The van der Waals surface area contributed by atoms with Gasteiger partial charge in [0.05, 0.1) is 5.88 Å². The van der Waals surface area contributed by atoms with Crippen molar-refractivity contribution in [3.05, 3.63) is 24.2 Å². The molecule has 2 aromatic heterocycles. The van der Waals surface area contributed by atoms with Gasteiger partial charge < -0.3 is 9.47 Å². The van der Waals surface area contributed by atoms with Crippen molar-refractivity contribution in [3.8, 4) is 0 Å². The molecule has 1 fully saturated rings. The van der Waals surface area contributed by atoms with Crippen molar-refractivity contribution >= 4 is 22.8 Å². The maximum Gasteiger partial charge on any atom is 0.160 e. The van der Waals surface area contributed by atoms with E-state index >= 15 is 0 Å². The zero-order valence-corrected chi connectivity index (χ0v) is 11.3. The van der Waals surface area contributed by atoms with Gasteiger partial charge in [0.1, 0.15) is 11.3 Å². The first kappa shape index (κ1) is 11.9. The number of halogens is 1. The van der Waals surface area contributed by atoms with Gasteiger partial charge in [-0.25, -0.2) is 9.97 Å². The Morgan fingerprint density at radius 2 is 2.39 bits per heavy atom. The van der Waals surface area contributed by atoms with Crippen LogP contribution in [0.3, 0.4) is 0 Å². The highest BCUT2D eigenvalue weighted by Gasteiger charge is 2.23. The summed E-state index contributed by atoms with van der Waals surface area (Å²) < 4.78 is 2.23. The molecule has 3 heterocycles. The minimum atomic E-state index is 0.441. The van der Waals surface area contributed by atoms with E-state index < -0.39 is 0 Å². The van der Waals surface area contributed by atoms with Crippen LogP contribution in [0.4, 0.5) is 0 Å². The molecule has 1 saturated heterocycles. The van der Waals surface area contributed by atoms with Gasteiger partial charge in [-0.05, 0) is 38.6 Å². The van der Waals surface area contributed by atoms with Crippen LogP contribution in [0.2, 0.25) is 0 Å². The molecule has 0 amide bonds. The van der Waals surface area contributed by atoms with Gasteiger partial charge in [0, 0.05) is 18.8 Å². The van der Waals surface area contributed by atoms with Crippen molar-refractivity contribution in [3.63, 3.8) is 0 Å². The van der Waals surface area contributed by atoms with Gasteiger partial charge in [0.25, 0.3) is 0 Å². The van der Waals surface area contributed by atoms with Crippen molar-refractivity contribution in [2.75, 3.05) is 20.1 Å². The van der Waals surface area contributed by atoms with Gasteiger partial charge >= 0.3 is 0 Å². The van der Waals surface area contributed by atoms with Crippen LogP contribution in [-0.2, 0) is 5.88 Å². The Hall–Kier alpha value is -1.13. The molecule has 5 heteroatoms. The second kappa shape index (κ2) is 4.86. The van der Waals surface area contributed by atoms with Crippen LogP contribution in [0, 0.1) is 0 Å². The molecular formula is C13H17ClN4. The summed E-state index contributed by atoms with van der Waals surface area (Å²) in [4.78, 5) is 11.4. The van der Waals surface area contributed by atoms with Crippen LogP contribution in [0.25, 0.3) is 11.2 Å². The summed E-state index contributed by atoms with van der Waals surface area (Å²) in [5.74, 6) is 1.38. The predicted molar refractivity (Wildman–Crippen MR) is 72.9 cm³/mol. The predicted octanol–water partition coefficient (Wildman–Crippen LogP) is 2.44. The summed E-state index contributed by atoms with van der Waals surface area (Å²) in [6, 6.07) is 4.36. The number of nitrogens with zero attached hydrogens (tertiary/aromatic N) is 4. The Morgan fingerprint density at radius 1 is 1.50 bits per heavy atom. The van der Waals surface area contributed by atoms with E-state index in [1.165, 1.54) is 19.4 Å². The first-order valence-electron chi connectivity index (χ1n) is 6.36. The van der Waals surface area contributed by atoms with Crippen LogP contribution in [0.5, 0.6) is 0 Å². The third-order valence-corrected chi connectivity index (χ3v) is 3.85. The van der Waals surface area contributed by atoms with E-state index in [0.29, 0.717) is 11.9 Å². The lowest BCUT2D eigenvalue weighted by molar-refractivity contribution is 0.212. The zero-order valence-electron chi connectivity index (χ0n) is 10.5. The fourth-order valence-electron chi connectivity index (χ4n) is 2.80. The molecule has 18 heavy (non-hydrogen) atoms. The van der Waals surface area contributed by atoms with E-state index in [1.807, 2.05) is 18.3 Å². The molecule has 1 unspecified atom stereocenters. The maximum atomic E-state index is 6.03. The second-order valence-corrected chi connectivity index (χ2v) is 5.20. The van der Waals surface area contributed by atoms with Crippen molar-refractivity contribution in [2.45, 2.75) is 24.8 Å². The monoisotopic (exact) mass is 264 g/mol. The molecule has 0 radical (unpaired) electrons. The number of hydrogen-bond acceptors (Lipinski definition) is 3. The molecule has 0 spiro atoms. The standard InChI is InChI=1S/C13H17ClN4/c1-17-7-3-4-10(9-17)18-12(8-14)16-11-5-2-6-15-13(11)18/h2,5-6,10H,3-4,7-9H2,1H3. The number of fused-ring (bicyclic) bond motifs is 1. The lowest BCUT2D eigenvalue weighted by Gasteiger charge is -2.31. The summed E-state index contributed by atoms with van der Waals surface area (Å²) >= 11 is 6.03. The SMILES string of the molecule is CN1CCCC(n2c(CCl)nc3cccnc32)C1. The van der Waals surface area contributed by atoms with E-state index in [9.17, 15) is 0 Å². The molecule has 2 aromatic rings. The summed E-state index contributed by atoms with van der Waals surface area (Å²) in [6.45, 7) is 2.22. The zero-order chi connectivity index (χ0) is 12.5. The molecule has 0 bridgehead atoms. The first-order valence-corrected chi connectivity index (χ1v) is 6.89. The molecule has 96 valence electrons. The summed E-state index contributed by atoms with van der Waals surface area (Å²) in [5, 5.41) is 0.